The van der Waals surface area contributed by atoms with E-state index in [4.69, 9.17) is 11.6 Å². The minimum atomic E-state index is -0.388. The summed E-state index contributed by atoms with van der Waals surface area (Å²) in [5.74, 6) is 0. The molecular formula is C15H10BrClN2O2. The molecule has 0 aliphatic heterocycles. The van der Waals surface area contributed by atoms with Crippen LogP contribution in [0.3, 0.4) is 0 Å². The van der Waals surface area contributed by atoms with E-state index in [1.54, 1.807) is 6.07 Å². The van der Waals surface area contributed by atoms with Gasteiger partial charge in [0.2, 0.25) is 0 Å². The van der Waals surface area contributed by atoms with Crippen LogP contribution in [0.4, 0.5) is 5.69 Å². The van der Waals surface area contributed by atoms with Gasteiger partial charge in [0.25, 0.3) is 5.69 Å². The van der Waals surface area contributed by atoms with Crippen LogP contribution >= 0.6 is 27.5 Å². The number of rotatable bonds is 3. The van der Waals surface area contributed by atoms with Crippen LogP contribution in [0.15, 0.2) is 53.1 Å². The van der Waals surface area contributed by atoms with Crippen molar-refractivity contribution in [3.05, 3.63) is 73.8 Å². The summed E-state index contributed by atoms with van der Waals surface area (Å²) < 4.78 is 2.56. The van der Waals surface area contributed by atoms with E-state index in [9.17, 15) is 10.1 Å². The zero-order chi connectivity index (χ0) is 15.0. The first-order chi connectivity index (χ1) is 10.1. The highest BCUT2D eigenvalue weighted by Crippen LogP contribution is 2.30. The predicted molar refractivity (Wildman–Crippen MR) is 86.8 cm³/mol. The van der Waals surface area contributed by atoms with Gasteiger partial charge in [0.15, 0.2) is 0 Å². The molecule has 0 saturated heterocycles. The van der Waals surface area contributed by atoms with Gasteiger partial charge in [-0.2, -0.15) is 0 Å². The lowest BCUT2D eigenvalue weighted by Crippen LogP contribution is -2.00. The average molecular weight is 366 g/mol. The second-order valence-corrected chi connectivity index (χ2v) is 5.88. The fourth-order valence-electron chi connectivity index (χ4n) is 2.32. The monoisotopic (exact) mass is 364 g/mol. The lowest BCUT2D eigenvalue weighted by Gasteiger charge is -2.08. The molecule has 0 N–H and O–H groups in total. The molecule has 0 radical (unpaired) electrons. The number of aromatic nitrogens is 1. The third kappa shape index (κ3) is 2.66. The van der Waals surface area contributed by atoms with Crippen LogP contribution in [0.25, 0.3) is 10.9 Å². The zero-order valence-corrected chi connectivity index (χ0v) is 13.1. The van der Waals surface area contributed by atoms with Gasteiger partial charge in [-0.3, -0.25) is 10.1 Å². The van der Waals surface area contributed by atoms with Gasteiger partial charge in [-0.1, -0.05) is 23.7 Å². The summed E-state index contributed by atoms with van der Waals surface area (Å²) in [5.41, 5.74) is 1.97. The highest BCUT2D eigenvalue weighted by molar-refractivity contribution is 9.10. The fraction of sp³-hybridized carbons (Fsp3) is 0.0667. The van der Waals surface area contributed by atoms with Crippen molar-refractivity contribution in [2.24, 2.45) is 0 Å². The molecule has 0 saturated carbocycles. The molecule has 1 aromatic heterocycles. The molecule has 3 rings (SSSR count). The van der Waals surface area contributed by atoms with Gasteiger partial charge in [0.05, 0.1) is 4.92 Å². The molecule has 0 fully saturated rings. The molecule has 21 heavy (non-hydrogen) atoms. The third-order valence-electron chi connectivity index (χ3n) is 3.33. The number of halogens is 2. The number of hydrogen-bond donors (Lipinski definition) is 0. The molecule has 106 valence electrons. The number of hydrogen-bond acceptors (Lipinski definition) is 2. The van der Waals surface area contributed by atoms with E-state index in [0.717, 1.165) is 16.5 Å². The van der Waals surface area contributed by atoms with Crippen LogP contribution in [0.5, 0.6) is 0 Å². The van der Waals surface area contributed by atoms with Crippen LogP contribution in [0.1, 0.15) is 5.56 Å². The van der Waals surface area contributed by atoms with Crippen molar-refractivity contribution in [3.63, 3.8) is 0 Å². The number of nitro groups is 1. The van der Waals surface area contributed by atoms with Crippen molar-refractivity contribution in [2.45, 2.75) is 6.54 Å². The maximum Gasteiger partial charge on any atom is 0.283 e. The molecule has 0 aliphatic carbocycles. The Balaban J connectivity index is 2.03. The van der Waals surface area contributed by atoms with Crippen molar-refractivity contribution in [1.29, 1.82) is 0 Å². The average Bonchev–Trinajstić information content (AvgIpc) is 2.83. The van der Waals surface area contributed by atoms with Crippen LogP contribution in [0.2, 0.25) is 5.02 Å². The summed E-state index contributed by atoms with van der Waals surface area (Å²) in [6.45, 7) is 0.549. The lowest BCUT2D eigenvalue weighted by atomic mass is 10.2. The molecular weight excluding hydrogens is 356 g/mol. The summed E-state index contributed by atoms with van der Waals surface area (Å²) in [5, 5.41) is 12.7. The van der Waals surface area contributed by atoms with E-state index in [1.165, 1.54) is 6.07 Å². The van der Waals surface area contributed by atoms with Crippen molar-refractivity contribution in [3.8, 4) is 0 Å². The van der Waals surface area contributed by atoms with Gasteiger partial charge in [-0.25, -0.2) is 0 Å². The van der Waals surface area contributed by atoms with Crippen LogP contribution < -0.4 is 0 Å². The molecule has 0 atom stereocenters. The quantitative estimate of drug-likeness (QED) is 0.483. The Morgan fingerprint density at radius 1 is 1.24 bits per heavy atom. The Morgan fingerprint density at radius 3 is 2.81 bits per heavy atom. The second kappa shape index (κ2) is 5.50. The molecule has 3 aromatic rings. The maximum atomic E-state index is 11.0. The van der Waals surface area contributed by atoms with Gasteiger partial charge >= 0.3 is 0 Å². The standard InChI is InChI=1S/C15H10BrClN2O2/c16-15-11(2-1-3-14(15)19(20)21)9-18-7-6-10-8-12(17)4-5-13(10)18/h1-8H,9H2. The Kier molecular flexibility index (Phi) is 3.69. The largest absolute Gasteiger partial charge is 0.343 e. The van der Waals surface area contributed by atoms with Crippen molar-refractivity contribution in [2.75, 3.05) is 0 Å². The van der Waals surface area contributed by atoms with Gasteiger partial charge in [-0.05, 0) is 45.8 Å². The Hall–Kier alpha value is -1.85. The van der Waals surface area contributed by atoms with Crippen molar-refractivity contribution < 1.29 is 4.92 Å². The first-order valence-corrected chi connectivity index (χ1v) is 7.39. The first-order valence-electron chi connectivity index (χ1n) is 6.22. The molecule has 6 heteroatoms. The molecule has 0 unspecified atom stereocenters. The van der Waals surface area contributed by atoms with E-state index < -0.39 is 0 Å². The van der Waals surface area contributed by atoms with E-state index in [2.05, 4.69) is 15.9 Å². The number of nitrogens with zero attached hydrogens (tertiary/aromatic N) is 2. The van der Waals surface area contributed by atoms with Gasteiger partial charge in [0.1, 0.15) is 4.47 Å². The molecule has 1 heterocycles. The van der Waals surface area contributed by atoms with Crippen LogP contribution in [-0.4, -0.2) is 9.49 Å². The summed E-state index contributed by atoms with van der Waals surface area (Å²) in [7, 11) is 0. The number of benzene rings is 2. The SMILES string of the molecule is O=[N+]([O-])c1cccc(Cn2ccc3cc(Cl)ccc32)c1Br. The van der Waals surface area contributed by atoms with Gasteiger partial charge in [0, 0.05) is 34.7 Å². The number of nitro benzene ring substituents is 1. The first kappa shape index (κ1) is 14.1. The highest BCUT2D eigenvalue weighted by atomic mass is 79.9. The third-order valence-corrected chi connectivity index (χ3v) is 4.48. The Morgan fingerprint density at radius 2 is 2.05 bits per heavy atom. The van der Waals surface area contributed by atoms with Gasteiger partial charge < -0.3 is 4.57 Å². The topological polar surface area (TPSA) is 48.1 Å². The zero-order valence-electron chi connectivity index (χ0n) is 10.8. The molecule has 0 amide bonds. The summed E-state index contributed by atoms with van der Waals surface area (Å²) in [6, 6.07) is 12.7. The molecule has 0 aliphatic rings. The van der Waals surface area contributed by atoms with E-state index in [-0.39, 0.29) is 10.6 Å². The molecule has 4 nitrogen and oxygen atoms in total. The van der Waals surface area contributed by atoms with E-state index in [0.29, 0.717) is 16.0 Å². The fourth-order valence-corrected chi connectivity index (χ4v) is 3.04. The minimum Gasteiger partial charge on any atom is -0.343 e. The lowest BCUT2D eigenvalue weighted by molar-refractivity contribution is -0.385. The maximum absolute atomic E-state index is 11.0. The van der Waals surface area contributed by atoms with Crippen LogP contribution in [-0.2, 0) is 6.54 Å². The van der Waals surface area contributed by atoms with E-state index >= 15 is 0 Å². The van der Waals surface area contributed by atoms with Crippen molar-refractivity contribution >= 4 is 44.1 Å². The highest BCUT2D eigenvalue weighted by Gasteiger charge is 2.15. The van der Waals surface area contributed by atoms with Gasteiger partial charge in [-0.15, -0.1) is 0 Å². The Labute approximate surface area is 134 Å². The molecule has 0 bridgehead atoms. The summed E-state index contributed by atoms with van der Waals surface area (Å²) in [4.78, 5) is 10.6. The molecule has 0 spiro atoms. The van der Waals surface area contributed by atoms with E-state index in [1.807, 2.05) is 41.1 Å². The summed E-state index contributed by atoms with van der Waals surface area (Å²) in [6.07, 6.45) is 1.95. The van der Waals surface area contributed by atoms with Crippen molar-refractivity contribution in [1.82, 2.24) is 4.57 Å². The predicted octanol–water partition coefficient (Wildman–Crippen LogP) is 5.01. The second-order valence-electron chi connectivity index (χ2n) is 4.65. The Bertz CT molecular complexity index is 845. The number of fused-ring (bicyclic) bond motifs is 1. The molecule has 2 aromatic carbocycles. The smallest absolute Gasteiger partial charge is 0.283 e. The van der Waals surface area contributed by atoms with Crippen LogP contribution in [0, 0.1) is 10.1 Å². The normalized spacial score (nSPS) is 11.0. The summed E-state index contributed by atoms with van der Waals surface area (Å²) >= 11 is 9.30. The minimum absolute atomic E-state index is 0.0759.